The van der Waals surface area contributed by atoms with E-state index in [0.29, 0.717) is 12.8 Å². The Morgan fingerprint density at radius 1 is 1.26 bits per heavy atom. The van der Waals surface area contributed by atoms with Crippen molar-refractivity contribution in [3.8, 4) is 0 Å². The molecule has 0 radical (unpaired) electrons. The fourth-order valence-electron chi connectivity index (χ4n) is 5.74. The number of urea groups is 1. The summed E-state index contributed by atoms with van der Waals surface area (Å²) in [6, 6.07) is -1.11. The Morgan fingerprint density at radius 2 is 2.00 bits per heavy atom. The Bertz CT molecular complexity index is 1530. The second-order valence-corrected chi connectivity index (χ2v) is 14.0. The van der Waals surface area contributed by atoms with Gasteiger partial charge in [-0.2, -0.15) is 24.9 Å². The van der Waals surface area contributed by atoms with E-state index in [4.69, 9.17) is 16.0 Å². The van der Waals surface area contributed by atoms with Crippen molar-refractivity contribution in [3.63, 3.8) is 0 Å². The summed E-state index contributed by atoms with van der Waals surface area (Å²) in [6.07, 6.45) is 0.950. The van der Waals surface area contributed by atoms with Gasteiger partial charge in [-0.3, -0.25) is 9.36 Å². The predicted molar refractivity (Wildman–Crippen MR) is 175 cm³/mol. The zero-order chi connectivity index (χ0) is 34.1. The topological polar surface area (TPSA) is 267 Å². The number of carbonyl (C=O) groups is 2. The van der Waals surface area contributed by atoms with Gasteiger partial charge in [-0.15, -0.1) is 0 Å². The van der Waals surface area contributed by atoms with Crippen molar-refractivity contribution in [2.45, 2.75) is 88.3 Å². The number of nitrogens with one attached hydrogen (secondary N) is 4. The summed E-state index contributed by atoms with van der Waals surface area (Å²) in [7, 11) is -4.26. The number of thioether (sulfide) groups is 1. The molecule has 260 valence electrons. The van der Waals surface area contributed by atoms with Crippen LogP contribution < -0.4 is 25.8 Å². The van der Waals surface area contributed by atoms with Crippen LogP contribution in [0.3, 0.4) is 0 Å². The van der Waals surface area contributed by atoms with E-state index in [1.54, 1.807) is 11.8 Å². The third-order valence-corrected chi connectivity index (χ3v) is 10.9. The molecule has 7 N–H and O–H groups in total. The third kappa shape index (κ3) is 9.12. The number of nitrogens with two attached hydrogens (primary N) is 1. The van der Waals surface area contributed by atoms with Crippen LogP contribution in [0.2, 0.25) is 0 Å². The predicted octanol–water partition coefficient (Wildman–Crippen LogP) is 0.370. The highest BCUT2D eigenvalue weighted by molar-refractivity contribution is 8.00. The number of rotatable bonds is 14. The summed E-state index contributed by atoms with van der Waals surface area (Å²) in [6.45, 7) is 9.71. The fourth-order valence-corrected chi connectivity index (χ4v) is 8.14. The number of nitrogen functional groups attached to an aromatic ring is 1. The molecule has 0 spiro atoms. The summed E-state index contributed by atoms with van der Waals surface area (Å²) in [5.74, 6) is 0.276. The number of aliphatic hydroxyl groups excluding tert-OH is 1. The number of hydrogen-bond donors (Lipinski definition) is 6. The second kappa shape index (κ2) is 16.6. The van der Waals surface area contributed by atoms with Gasteiger partial charge in [-0.05, 0) is 38.0 Å². The van der Waals surface area contributed by atoms with Gasteiger partial charge in [0.2, 0.25) is 5.91 Å². The SMILES string of the molecule is CCN(CC)CC.[N-]=[N+]=N[C@H]1[C@H](O)[C@@H](CNS(=O)(=O)NC(=O)CCCC[C@@H]2SC[C@@H]3NC(=O)N[C@@H]32)O[C@H]1n1cnc2c(N)ncnc21. The second-order valence-electron chi connectivity index (χ2n) is 11.2. The smallest absolute Gasteiger partial charge is 0.315 e. The fraction of sp³-hybridized carbons (Fsp3) is 0.731. The standard InChI is InChI=1S/C20H28N12O6S2.C6H15N/c21-17-15-18(24-7-23-17)32(8-25-15)19-14(29-31-22)16(34)10(38-19)5-26-40(36,37)30-12(33)4-2-1-3-11-13-9(6-39-11)27-20(35)28-13;1-4-7(5-2)6-3/h7-11,13-14,16,19,26,34H,1-6H2,(H,30,33)(H2,21,23,24)(H2,27,28,35);4-6H2,1-3H3/t9-,10+,11-,13-,14-,16+,19+;/m0./s1. The Morgan fingerprint density at radius 3 is 2.68 bits per heavy atom. The number of amides is 3. The molecule has 47 heavy (non-hydrogen) atoms. The number of unbranched alkanes of at least 4 members (excludes halogenated alkanes) is 1. The molecule has 19 nitrogen and oxygen atoms in total. The summed E-state index contributed by atoms with van der Waals surface area (Å²) in [5, 5.41) is 20.4. The first kappa shape index (κ1) is 36.4. The number of hydrogen-bond acceptors (Lipinski definition) is 13. The summed E-state index contributed by atoms with van der Waals surface area (Å²) in [5.41, 5.74) is 15.4. The molecule has 3 saturated heterocycles. The maximum Gasteiger partial charge on any atom is 0.315 e. The Kier molecular flexibility index (Phi) is 12.8. The number of anilines is 1. The van der Waals surface area contributed by atoms with E-state index in [1.165, 1.54) is 36.9 Å². The van der Waals surface area contributed by atoms with Crippen LogP contribution in [0.4, 0.5) is 10.6 Å². The van der Waals surface area contributed by atoms with Gasteiger partial charge in [0.05, 0.1) is 24.5 Å². The van der Waals surface area contributed by atoms with Crippen LogP contribution in [0.5, 0.6) is 0 Å². The molecule has 0 aromatic carbocycles. The number of fused-ring (bicyclic) bond motifs is 2. The molecule has 21 heteroatoms. The largest absolute Gasteiger partial charge is 0.390 e. The van der Waals surface area contributed by atoms with Crippen molar-refractivity contribution in [1.82, 2.24) is 44.5 Å². The number of ether oxygens (including phenoxy) is 1. The molecule has 2 aromatic rings. The maximum absolute atomic E-state index is 12.5. The molecule has 3 aliphatic heterocycles. The number of azide groups is 1. The lowest BCUT2D eigenvalue weighted by atomic mass is 10.0. The van der Waals surface area contributed by atoms with E-state index in [0.717, 1.165) is 12.2 Å². The van der Waals surface area contributed by atoms with Crippen molar-refractivity contribution in [3.05, 3.63) is 23.1 Å². The lowest BCUT2D eigenvalue weighted by Gasteiger charge is -2.17. The molecule has 2 aromatic heterocycles. The minimum Gasteiger partial charge on any atom is -0.390 e. The number of aromatic nitrogens is 4. The maximum atomic E-state index is 12.5. The van der Waals surface area contributed by atoms with Crippen LogP contribution in [-0.4, -0.2) is 117 Å². The molecule has 0 unspecified atom stereocenters. The van der Waals surface area contributed by atoms with Gasteiger partial charge >= 0.3 is 16.2 Å². The number of nitrogens with zero attached hydrogens (tertiary/aromatic N) is 8. The highest BCUT2D eigenvalue weighted by Gasteiger charge is 2.45. The molecule has 5 rings (SSSR count). The third-order valence-electron chi connectivity index (χ3n) is 8.33. The van der Waals surface area contributed by atoms with Gasteiger partial charge in [0.1, 0.15) is 30.2 Å². The van der Waals surface area contributed by atoms with Crippen LogP contribution in [0.25, 0.3) is 21.6 Å². The van der Waals surface area contributed by atoms with E-state index in [1.807, 2.05) is 4.72 Å². The Hall–Kier alpha value is -3.46. The van der Waals surface area contributed by atoms with Crippen LogP contribution in [0.1, 0.15) is 52.7 Å². The average molecular weight is 698 g/mol. The molecule has 3 fully saturated rings. The van der Waals surface area contributed by atoms with Crippen LogP contribution >= 0.6 is 11.8 Å². The lowest BCUT2D eigenvalue weighted by Crippen LogP contribution is -2.45. The molecule has 0 aliphatic carbocycles. The number of aliphatic hydroxyl groups is 1. The van der Waals surface area contributed by atoms with E-state index >= 15 is 0 Å². The average Bonchev–Trinajstić information content (AvgIpc) is 3.80. The van der Waals surface area contributed by atoms with E-state index in [-0.39, 0.29) is 46.8 Å². The summed E-state index contributed by atoms with van der Waals surface area (Å²) in [4.78, 5) is 41.0. The van der Waals surface area contributed by atoms with Crippen molar-refractivity contribution < 1.29 is 27.9 Å². The highest BCUT2D eigenvalue weighted by Crippen LogP contribution is 2.35. The molecule has 0 bridgehead atoms. The zero-order valence-corrected chi connectivity index (χ0v) is 28.2. The first-order valence-electron chi connectivity index (χ1n) is 15.5. The number of carbonyl (C=O) groups excluding carboxylic acids is 2. The lowest BCUT2D eigenvalue weighted by molar-refractivity contribution is -0.119. The number of imidazole rings is 1. The molecule has 3 aliphatic rings. The molecular weight excluding hydrogens is 655 g/mol. The van der Waals surface area contributed by atoms with E-state index in [9.17, 15) is 23.1 Å². The van der Waals surface area contributed by atoms with Gasteiger partial charge in [0.15, 0.2) is 11.5 Å². The quantitative estimate of drug-likeness (QED) is 0.0514. The van der Waals surface area contributed by atoms with Gasteiger partial charge in [0.25, 0.3) is 0 Å². The minimum absolute atomic E-state index is 0.000716. The van der Waals surface area contributed by atoms with Crippen LogP contribution in [-0.2, 0) is 19.7 Å². The molecule has 3 amide bonds. The normalized spacial score (nSPS) is 26.7. The summed E-state index contributed by atoms with van der Waals surface area (Å²) >= 11 is 1.77. The first-order valence-corrected chi connectivity index (χ1v) is 18.1. The highest BCUT2D eigenvalue weighted by atomic mass is 32.2. The van der Waals surface area contributed by atoms with Crippen molar-refractivity contribution in [1.29, 1.82) is 0 Å². The zero-order valence-electron chi connectivity index (χ0n) is 26.5. The van der Waals surface area contributed by atoms with Crippen molar-refractivity contribution >= 4 is 50.9 Å². The van der Waals surface area contributed by atoms with Crippen LogP contribution in [0.15, 0.2) is 17.8 Å². The van der Waals surface area contributed by atoms with Crippen LogP contribution in [0, 0.1) is 0 Å². The molecule has 0 saturated carbocycles. The summed E-state index contributed by atoms with van der Waals surface area (Å²) < 4.78 is 36.3. The van der Waals surface area contributed by atoms with Gasteiger partial charge in [0, 0.05) is 28.9 Å². The molecule has 5 heterocycles. The first-order chi connectivity index (χ1) is 22.5. The molecular formula is C26H43N13O6S2. The van der Waals surface area contributed by atoms with E-state index < -0.39 is 47.1 Å². The van der Waals surface area contributed by atoms with Crippen molar-refractivity contribution in [2.24, 2.45) is 5.11 Å². The van der Waals surface area contributed by atoms with Crippen molar-refractivity contribution in [2.75, 3.05) is 37.7 Å². The van der Waals surface area contributed by atoms with Gasteiger partial charge in [-0.25, -0.2) is 24.5 Å². The Balaban J connectivity index is 0.000000644. The Labute approximate surface area is 277 Å². The van der Waals surface area contributed by atoms with Gasteiger partial charge < -0.3 is 31.1 Å². The van der Waals surface area contributed by atoms with E-state index in [2.05, 4.69) is 66.0 Å². The molecule has 7 atom stereocenters. The monoisotopic (exact) mass is 697 g/mol. The minimum atomic E-state index is -4.26. The van der Waals surface area contributed by atoms with Gasteiger partial charge in [-0.1, -0.05) is 32.3 Å².